The average molecular weight is 363 g/mol. The monoisotopic (exact) mass is 363 g/mol. The van der Waals surface area contributed by atoms with Crippen molar-refractivity contribution in [1.29, 1.82) is 0 Å². The van der Waals surface area contributed by atoms with Crippen molar-refractivity contribution in [2.45, 2.75) is 26.4 Å². The van der Waals surface area contributed by atoms with Crippen LogP contribution in [-0.2, 0) is 6.54 Å². The van der Waals surface area contributed by atoms with E-state index in [0.717, 1.165) is 36.2 Å². The Morgan fingerprint density at radius 1 is 1.15 bits per heavy atom. The van der Waals surface area contributed by atoms with Crippen LogP contribution in [0.15, 0.2) is 48.7 Å². The van der Waals surface area contributed by atoms with Crippen molar-refractivity contribution in [1.82, 2.24) is 24.6 Å². The fourth-order valence-corrected chi connectivity index (χ4v) is 3.80. The second-order valence-electron chi connectivity index (χ2n) is 6.98. The number of benzene rings is 1. The summed E-state index contributed by atoms with van der Waals surface area (Å²) in [6, 6.07) is 13.8. The van der Waals surface area contributed by atoms with E-state index < -0.39 is 0 Å². The van der Waals surface area contributed by atoms with Crippen molar-refractivity contribution in [3.05, 3.63) is 60.0 Å². The molecule has 2 aromatic heterocycles. The van der Waals surface area contributed by atoms with E-state index in [4.69, 9.17) is 0 Å². The fraction of sp³-hybridized carbons (Fsp3) is 0.381. The summed E-state index contributed by atoms with van der Waals surface area (Å²) in [5.41, 5.74) is 2.43. The molecule has 0 radical (unpaired) electrons. The van der Waals surface area contributed by atoms with E-state index in [1.54, 1.807) is 0 Å². The molecule has 1 aliphatic rings. The summed E-state index contributed by atoms with van der Waals surface area (Å²) in [5, 5.41) is 5.55. The molecule has 6 heteroatoms. The van der Waals surface area contributed by atoms with E-state index in [0.29, 0.717) is 18.8 Å². The number of fused-ring (bicyclic) bond motifs is 2. The van der Waals surface area contributed by atoms with Gasteiger partial charge in [0.1, 0.15) is 5.69 Å². The summed E-state index contributed by atoms with van der Waals surface area (Å²) in [4.78, 5) is 22.0. The number of nitrogens with zero attached hydrogens (tertiary/aromatic N) is 5. The first-order chi connectivity index (χ1) is 13.2. The van der Waals surface area contributed by atoms with Crippen LogP contribution in [0.5, 0.6) is 0 Å². The highest BCUT2D eigenvalue weighted by Gasteiger charge is 2.30. The van der Waals surface area contributed by atoms with Crippen LogP contribution in [0.3, 0.4) is 0 Å². The van der Waals surface area contributed by atoms with E-state index >= 15 is 0 Å². The van der Waals surface area contributed by atoms with Crippen molar-refractivity contribution in [3.63, 3.8) is 0 Å². The van der Waals surface area contributed by atoms with Gasteiger partial charge < -0.3 is 9.80 Å². The SMILES string of the molecule is CCN(CC)CC1CN(C(=O)c2ccc3ccccc3n2)Cc2ccnn21. The number of rotatable bonds is 5. The van der Waals surface area contributed by atoms with Gasteiger partial charge in [-0.1, -0.05) is 38.1 Å². The second-order valence-corrected chi connectivity index (χ2v) is 6.98. The Hall–Kier alpha value is -2.73. The van der Waals surface area contributed by atoms with Crippen molar-refractivity contribution >= 4 is 16.8 Å². The first-order valence-corrected chi connectivity index (χ1v) is 9.59. The lowest BCUT2D eigenvalue weighted by Crippen LogP contribution is -2.45. The minimum atomic E-state index is -0.0160. The van der Waals surface area contributed by atoms with Crippen molar-refractivity contribution in [2.75, 3.05) is 26.2 Å². The minimum absolute atomic E-state index is 0.0160. The number of hydrogen-bond donors (Lipinski definition) is 0. The van der Waals surface area contributed by atoms with Crippen LogP contribution >= 0.6 is 0 Å². The molecule has 140 valence electrons. The van der Waals surface area contributed by atoms with Crippen molar-refractivity contribution < 1.29 is 4.79 Å². The van der Waals surface area contributed by atoms with Crippen LogP contribution in [-0.4, -0.2) is 56.7 Å². The zero-order chi connectivity index (χ0) is 18.8. The molecule has 1 amide bonds. The maximum absolute atomic E-state index is 13.2. The molecule has 1 aliphatic heterocycles. The van der Waals surface area contributed by atoms with Gasteiger partial charge in [0.15, 0.2) is 0 Å². The number of aromatic nitrogens is 3. The second kappa shape index (κ2) is 7.48. The molecule has 3 heterocycles. The lowest BCUT2D eigenvalue weighted by atomic mass is 10.1. The molecule has 1 unspecified atom stereocenters. The van der Waals surface area contributed by atoms with Crippen LogP contribution in [0.2, 0.25) is 0 Å². The summed E-state index contributed by atoms with van der Waals surface area (Å²) in [7, 11) is 0. The summed E-state index contributed by atoms with van der Waals surface area (Å²) < 4.78 is 2.08. The third-order valence-electron chi connectivity index (χ3n) is 5.35. The van der Waals surface area contributed by atoms with Gasteiger partial charge in [-0.05, 0) is 31.3 Å². The molecule has 0 fully saturated rings. The molecule has 27 heavy (non-hydrogen) atoms. The van der Waals surface area contributed by atoms with E-state index in [-0.39, 0.29) is 11.9 Å². The summed E-state index contributed by atoms with van der Waals surface area (Å²) in [5.74, 6) is -0.0160. The highest BCUT2D eigenvalue weighted by Crippen LogP contribution is 2.23. The Kier molecular flexibility index (Phi) is 4.90. The molecular formula is C21H25N5O. The van der Waals surface area contributed by atoms with E-state index in [1.165, 1.54) is 0 Å². The van der Waals surface area contributed by atoms with Crippen LogP contribution in [0, 0.1) is 0 Å². The number of likely N-dealkylation sites (N-methyl/N-ethyl adjacent to an activating group) is 1. The average Bonchev–Trinajstić information content (AvgIpc) is 3.19. The van der Waals surface area contributed by atoms with Crippen LogP contribution in [0.4, 0.5) is 0 Å². The molecule has 1 atom stereocenters. The van der Waals surface area contributed by atoms with Gasteiger partial charge in [0.05, 0.1) is 23.8 Å². The maximum Gasteiger partial charge on any atom is 0.272 e. The van der Waals surface area contributed by atoms with Crippen LogP contribution in [0.1, 0.15) is 36.1 Å². The Labute approximate surface area is 159 Å². The zero-order valence-corrected chi connectivity index (χ0v) is 15.9. The topological polar surface area (TPSA) is 54.3 Å². The fourth-order valence-electron chi connectivity index (χ4n) is 3.80. The summed E-state index contributed by atoms with van der Waals surface area (Å²) in [6.45, 7) is 8.42. The number of amides is 1. The highest BCUT2D eigenvalue weighted by molar-refractivity contribution is 5.95. The van der Waals surface area contributed by atoms with Gasteiger partial charge in [-0.2, -0.15) is 5.10 Å². The van der Waals surface area contributed by atoms with Gasteiger partial charge in [-0.25, -0.2) is 4.98 Å². The maximum atomic E-state index is 13.2. The molecule has 0 bridgehead atoms. The van der Waals surface area contributed by atoms with Crippen molar-refractivity contribution in [2.24, 2.45) is 0 Å². The molecule has 0 N–H and O–H groups in total. The molecule has 0 aliphatic carbocycles. The summed E-state index contributed by atoms with van der Waals surface area (Å²) in [6.07, 6.45) is 1.83. The lowest BCUT2D eigenvalue weighted by Gasteiger charge is -2.36. The molecule has 0 saturated carbocycles. The first kappa shape index (κ1) is 17.7. The number of carbonyl (C=O) groups excluding carboxylic acids is 1. The summed E-state index contributed by atoms with van der Waals surface area (Å²) >= 11 is 0. The van der Waals surface area contributed by atoms with Crippen LogP contribution in [0.25, 0.3) is 10.9 Å². The standard InChI is InChI=1S/C21H25N5O/c1-3-24(4-2)13-18-15-25(14-17-11-12-22-26(17)18)21(27)20-10-9-16-7-5-6-8-19(16)23-20/h5-12,18H,3-4,13-15H2,1-2H3. The molecule has 6 nitrogen and oxygen atoms in total. The molecule has 1 aromatic carbocycles. The quantitative estimate of drug-likeness (QED) is 0.699. The molecule has 4 rings (SSSR count). The highest BCUT2D eigenvalue weighted by atomic mass is 16.2. The predicted molar refractivity (Wildman–Crippen MR) is 106 cm³/mol. The number of para-hydroxylation sites is 1. The predicted octanol–water partition coefficient (Wildman–Crippen LogP) is 2.97. The van der Waals surface area contributed by atoms with E-state index in [2.05, 4.69) is 33.5 Å². The third kappa shape index (κ3) is 3.45. The van der Waals surface area contributed by atoms with Gasteiger partial charge in [-0.3, -0.25) is 9.48 Å². The van der Waals surface area contributed by atoms with Gasteiger partial charge >= 0.3 is 0 Å². The van der Waals surface area contributed by atoms with Gasteiger partial charge in [0.25, 0.3) is 5.91 Å². The molecular weight excluding hydrogens is 338 g/mol. The Balaban J connectivity index is 1.60. The van der Waals surface area contributed by atoms with Crippen LogP contribution < -0.4 is 0 Å². The van der Waals surface area contributed by atoms with Gasteiger partial charge in [0, 0.05) is 24.7 Å². The lowest BCUT2D eigenvalue weighted by molar-refractivity contribution is 0.0637. The van der Waals surface area contributed by atoms with Crippen molar-refractivity contribution in [3.8, 4) is 0 Å². The molecule has 3 aromatic rings. The van der Waals surface area contributed by atoms with Gasteiger partial charge in [0.2, 0.25) is 0 Å². The smallest absolute Gasteiger partial charge is 0.272 e. The number of pyridine rings is 1. The van der Waals surface area contributed by atoms with E-state index in [9.17, 15) is 4.79 Å². The first-order valence-electron chi connectivity index (χ1n) is 9.59. The third-order valence-corrected chi connectivity index (χ3v) is 5.35. The Morgan fingerprint density at radius 3 is 2.78 bits per heavy atom. The largest absolute Gasteiger partial charge is 0.329 e. The minimum Gasteiger partial charge on any atom is -0.329 e. The normalized spacial score (nSPS) is 16.7. The molecule has 0 spiro atoms. The van der Waals surface area contributed by atoms with Gasteiger partial charge in [-0.15, -0.1) is 0 Å². The number of carbonyl (C=O) groups is 1. The Bertz CT molecular complexity index is 946. The van der Waals surface area contributed by atoms with E-state index in [1.807, 2.05) is 53.6 Å². The number of hydrogen-bond acceptors (Lipinski definition) is 4. The zero-order valence-electron chi connectivity index (χ0n) is 15.9. The molecule has 0 saturated heterocycles. The Morgan fingerprint density at radius 2 is 1.96 bits per heavy atom.